The maximum Gasteiger partial charge on any atom is 0.367 e. The fourth-order valence-corrected chi connectivity index (χ4v) is 0.660. The minimum absolute atomic E-state index is 0.336. The first-order chi connectivity index (χ1) is 4.24. The molecule has 1 rings (SSSR count). The Hall–Kier alpha value is -0.860. The molecule has 1 aliphatic rings. The quantitative estimate of drug-likeness (QED) is 0.498. The van der Waals surface area contributed by atoms with Crippen molar-refractivity contribution in [1.82, 2.24) is 0 Å². The SMILES string of the molecule is CCC1C=C(F)C(=O)O1. The van der Waals surface area contributed by atoms with Crippen molar-refractivity contribution >= 4 is 5.97 Å². The zero-order valence-corrected chi connectivity index (χ0v) is 5.06. The lowest BCUT2D eigenvalue weighted by atomic mass is 10.3. The van der Waals surface area contributed by atoms with Crippen molar-refractivity contribution < 1.29 is 13.9 Å². The largest absolute Gasteiger partial charge is 0.453 e. The summed E-state index contributed by atoms with van der Waals surface area (Å²) in [6.45, 7) is 1.83. The highest BCUT2D eigenvalue weighted by molar-refractivity contribution is 5.88. The van der Waals surface area contributed by atoms with E-state index in [0.717, 1.165) is 0 Å². The van der Waals surface area contributed by atoms with E-state index in [2.05, 4.69) is 4.74 Å². The van der Waals surface area contributed by atoms with Crippen molar-refractivity contribution in [2.24, 2.45) is 0 Å². The second-order valence-corrected chi connectivity index (χ2v) is 1.87. The van der Waals surface area contributed by atoms with E-state index in [0.29, 0.717) is 6.42 Å². The molecule has 0 aromatic heterocycles. The summed E-state index contributed by atoms with van der Waals surface area (Å²) in [5, 5.41) is 0. The maximum atomic E-state index is 12.1. The summed E-state index contributed by atoms with van der Waals surface area (Å²) in [4.78, 5) is 10.3. The van der Waals surface area contributed by atoms with E-state index in [-0.39, 0.29) is 6.10 Å². The Kier molecular flexibility index (Phi) is 1.51. The van der Waals surface area contributed by atoms with Gasteiger partial charge in [-0.2, -0.15) is 4.39 Å². The lowest BCUT2D eigenvalue weighted by Gasteiger charge is -2.00. The second-order valence-electron chi connectivity index (χ2n) is 1.87. The van der Waals surface area contributed by atoms with E-state index in [1.165, 1.54) is 6.08 Å². The summed E-state index contributed by atoms with van der Waals surface area (Å²) in [6, 6.07) is 0. The number of carbonyl (C=O) groups excluding carboxylic acids is 1. The summed E-state index contributed by atoms with van der Waals surface area (Å²) in [5.41, 5.74) is 0. The van der Waals surface area contributed by atoms with Gasteiger partial charge in [-0.25, -0.2) is 4.79 Å². The first-order valence-corrected chi connectivity index (χ1v) is 2.82. The summed E-state index contributed by atoms with van der Waals surface area (Å²) in [6.07, 6.45) is 1.50. The van der Waals surface area contributed by atoms with E-state index < -0.39 is 11.8 Å². The van der Waals surface area contributed by atoms with Crippen LogP contribution in [-0.2, 0) is 9.53 Å². The van der Waals surface area contributed by atoms with Crippen LogP contribution in [0.4, 0.5) is 4.39 Å². The van der Waals surface area contributed by atoms with Crippen LogP contribution in [0.3, 0.4) is 0 Å². The average molecular weight is 130 g/mol. The zero-order chi connectivity index (χ0) is 6.85. The molecule has 0 amide bonds. The average Bonchev–Trinajstić information content (AvgIpc) is 2.13. The maximum absolute atomic E-state index is 12.1. The first-order valence-electron chi connectivity index (χ1n) is 2.82. The molecule has 0 radical (unpaired) electrons. The standard InChI is InChI=1S/C6H7FO2/c1-2-4-3-5(7)6(8)9-4/h3-4H,2H2,1H3. The van der Waals surface area contributed by atoms with Crippen molar-refractivity contribution in [3.8, 4) is 0 Å². The lowest BCUT2D eigenvalue weighted by molar-refractivity contribution is -0.141. The third kappa shape index (κ3) is 1.09. The zero-order valence-electron chi connectivity index (χ0n) is 5.06. The van der Waals surface area contributed by atoms with Gasteiger partial charge < -0.3 is 4.74 Å². The van der Waals surface area contributed by atoms with Gasteiger partial charge in [-0.1, -0.05) is 6.92 Å². The van der Waals surface area contributed by atoms with Gasteiger partial charge in [0.25, 0.3) is 0 Å². The number of cyclic esters (lactones) is 1. The molecule has 2 nitrogen and oxygen atoms in total. The minimum atomic E-state index is -0.832. The van der Waals surface area contributed by atoms with Gasteiger partial charge in [-0.05, 0) is 12.5 Å². The molecule has 0 fully saturated rings. The molecule has 1 unspecified atom stereocenters. The number of carbonyl (C=O) groups is 1. The highest BCUT2D eigenvalue weighted by Crippen LogP contribution is 2.15. The molecule has 0 N–H and O–H groups in total. The number of halogens is 1. The van der Waals surface area contributed by atoms with Crippen molar-refractivity contribution in [2.45, 2.75) is 19.4 Å². The molecular formula is C6H7FO2. The van der Waals surface area contributed by atoms with Crippen molar-refractivity contribution in [2.75, 3.05) is 0 Å². The molecule has 0 aliphatic carbocycles. The second kappa shape index (κ2) is 2.17. The Morgan fingerprint density at radius 2 is 2.56 bits per heavy atom. The first kappa shape index (κ1) is 6.26. The Balaban J connectivity index is 2.62. The van der Waals surface area contributed by atoms with Crippen molar-refractivity contribution in [3.05, 3.63) is 11.9 Å². The molecule has 3 heteroatoms. The van der Waals surface area contributed by atoms with E-state index in [1.807, 2.05) is 6.92 Å². The molecule has 0 spiro atoms. The summed E-state index contributed by atoms with van der Waals surface area (Å²) in [7, 11) is 0. The van der Waals surface area contributed by atoms with E-state index in [1.54, 1.807) is 0 Å². The highest BCUT2D eigenvalue weighted by atomic mass is 19.1. The van der Waals surface area contributed by atoms with Gasteiger partial charge in [0.1, 0.15) is 6.10 Å². The molecule has 0 saturated carbocycles. The van der Waals surface area contributed by atoms with Gasteiger partial charge in [0.2, 0.25) is 5.83 Å². The van der Waals surface area contributed by atoms with Gasteiger partial charge in [0, 0.05) is 0 Å². The molecule has 0 bridgehead atoms. The Morgan fingerprint density at radius 1 is 1.89 bits per heavy atom. The normalized spacial score (nSPS) is 25.8. The van der Waals surface area contributed by atoms with Crippen LogP contribution in [0.5, 0.6) is 0 Å². The third-order valence-electron chi connectivity index (χ3n) is 1.19. The van der Waals surface area contributed by atoms with Gasteiger partial charge in [-0.3, -0.25) is 0 Å². The van der Waals surface area contributed by atoms with Crippen molar-refractivity contribution in [3.63, 3.8) is 0 Å². The molecule has 9 heavy (non-hydrogen) atoms. The Bertz CT molecular complexity index is 162. The number of esters is 1. The minimum Gasteiger partial charge on any atom is -0.453 e. The molecule has 0 aromatic carbocycles. The monoisotopic (exact) mass is 130 g/mol. The van der Waals surface area contributed by atoms with Gasteiger partial charge in [0.05, 0.1) is 0 Å². The Labute approximate surface area is 52.3 Å². The summed E-state index contributed by atoms with van der Waals surface area (Å²) < 4.78 is 16.7. The smallest absolute Gasteiger partial charge is 0.367 e. The number of ether oxygens (including phenoxy) is 1. The van der Waals surface area contributed by atoms with Crippen LogP contribution in [0, 0.1) is 0 Å². The predicted octanol–water partition coefficient (Wildman–Crippen LogP) is 1.18. The van der Waals surface area contributed by atoms with Gasteiger partial charge in [0.15, 0.2) is 0 Å². The Morgan fingerprint density at radius 3 is 2.78 bits per heavy atom. The van der Waals surface area contributed by atoms with E-state index in [4.69, 9.17) is 0 Å². The van der Waals surface area contributed by atoms with Crippen LogP contribution < -0.4 is 0 Å². The van der Waals surface area contributed by atoms with Crippen LogP contribution in [0.1, 0.15) is 13.3 Å². The molecule has 50 valence electrons. The van der Waals surface area contributed by atoms with Crippen LogP contribution in [0.2, 0.25) is 0 Å². The fraction of sp³-hybridized carbons (Fsp3) is 0.500. The molecular weight excluding hydrogens is 123 g/mol. The van der Waals surface area contributed by atoms with Gasteiger partial charge in [-0.15, -0.1) is 0 Å². The molecule has 1 atom stereocenters. The summed E-state index contributed by atoms with van der Waals surface area (Å²) in [5.74, 6) is -1.59. The molecule has 0 saturated heterocycles. The molecule has 1 heterocycles. The lowest BCUT2D eigenvalue weighted by Crippen LogP contribution is -2.05. The van der Waals surface area contributed by atoms with Crippen molar-refractivity contribution in [1.29, 1.82) is 0 Å². The van der Waals surface area contributed by atoms with Crippen LogP contribution >= 0.6 is 0 Å². The third-order valence-corrected chi connectivity index (χ3v) is 1.19. The number of rotatable bonds is 1. The highest BCUT2D eigenvalue weighted by Gasteiger charge is 2.23. The van der Waals surface area contributed by atoms with Crippen LogP contribution in [0.15, 0.2) is 11.9 Å². The van der Waals surface area contributed by atoms with E-state index >= 15 is 0 Å². The number of hydrogen-bond donors (Lipinski definition) is 0. The topological polar surface area (TPSA) is 26.3 Å². The predicted molar refractivity (Wildman–Crippen MR) is 29.4 cm³/mol. The fourth-order valence-electron chi connectivity index (χ4n) is 0.660. The van der Waals surface area contributed by atoms with Crippen LogP contribution in [-0.4, -0.2) is 12.1 Å². The van der Waals surface area contributed by atoms with E-state index in [9.17, 15) is 9.18 Å². The number of hydrogen-bond acceptors (Lipinski definition) is 2. The van der Waals surface area contributed by atoms with Gasteiger partial charge >= 0.3 is 5.97 Å². The van der Waals surface area contributed by atoms with Crippen LogP contribution in [0.25, 0.3) is 0 Å². The molecule has 1 aliphatic heterocycles. The molecule has 0 aromatic rings. The summed E-state index contributed by atoms with van der Waals surface area (Å²) >= 11 is 0.